The molecule has 2 aliphatic rings. The minimum absolute atomic E-state index is 0.259. The number of hydrogen-bond acceptors (Lipinski definition) is 5. The van der Waals surface area contributed by atoms with Crippen LogP contribution in [0.5, 0.6) is 11.5 Å². The molecule has 0 spiro atoms. The van der Waals surface area contributed by atoms with Crippen LogP contribution in [-0.4, -0.2) is 24.3 Å². The van der Waals surface area contributed by atoms with Crippen molar-refractivity contribution in [1.82, 2.24) is 5.32 Å². The van der Waals surface area contributed by atoms with E-state index in [-0.39, 0.29) is 11.6 Å². The van der Waals surface area contributed by atoms with Crippen LogP contribution < -0.4 is 14.8 Å². The lowest BCUT2D eigenvalue weighted by atomic mass is 10.2. The van der Waals surface area contributed by atoms with E-state index < -0.39 is 5.82 Å². The Balaban J connectivity index is 1.59. The Labute approximate surface area is 157 Å². The van der Waals surface area contributed by atoms with Gasteiger partial charge in [0.25, 0.3) is 5.91 Å². The van der Waals surface area contributed by atoms with E-state index in [1.807, 2.05) is 12.1 Å². The van der Waals surface area contributed by atoms with Crippen molar-refractivity contribution >= 4 is 46.2 Å². The minimum Gasteiger partial charge on any atom is -0.486 e. The van der Waals surface area contributed by atoms with Gasteiger partial charge in [-0.1, -0.05) is 17.7 Å². The molecule has 8 heteroatoms. The predicted molar refractivity (Wildman–Crippen MR) is 99.6 cm³/mol. The first-order valence-corrected chi connectivity index (χ1v) is 8.92. The second-order valence-corrected chi connectivity index (χ2v) is 6.92. The van der Waals surface area contributed by atoms with Gasteiger partial charge in [-0.25, -0.2) is 9.38 Å². The third-order valence-corrected chi connectivity index (χ3v) is 4.87. The molecular formula is C18H12ClFN2O3S. The van der Waals surface area contributed by atoms with Crippen LogP contribution in [0.3, 0.4) is 0 Å². The van der Waals surface area contributed by atoms with Crippen LogP contribution in [0.4, 0.5) is 10.1 Å². The summed E-state index contributed by atoms with van der Waals surface area (Å²) in [5, 5.41) is 3.29. The molecule has 2 aromatic carbocycles. The molecule has 2 aromatic rings. The summed E-state index contributed by atoms with van der Waals surface area (Å²) in [5.41, 5.74) is 1.06. The van der Waals surface area contributed by atoms with E-state index in [1.165, 1.54) is 18.2 Å². The second-order valence-electron chi connectivity index (χ2n) is 5.48. The van der Waals surface area contributed by atoms with E-state index in [4.69, 9.17) is 21.1 Å². The molecule has 0 aromatic heterocycles. The van der Waals surface area contributed by atoms with Gasteiger partial charge in [0, 0.05) is 6.07 Å². The summed E-state index contributed by atoms with van der Waals surface area (Å²) >= 11 is 7.17. The van der Waals surface area contributed by atoms with E-state index in [2.05, 4.69) is 10.3 Å². The first kappa shape index (κ1) is 16.9. The number of halogens is 2. The van der Waals surface area contributed by atoms with Crippen LogP contribution in [0.15, 0.2) is 46.3 Å². The maximum atomic E-state index is 13.3. The number of carbonyl (C=O) groups excluding carboxylic acids is 1. The maximum Gasteiger partial charge on any atom is 0.264 e. The number of aliphatic imine (C=N–C) groups is 1. The van der Waals surface area contributed by atoms with Crippen LogP contribution in [0, 0.1) is 5.82 Å². The molecule has 0 bridgehead atoms. The van der Waals surface area contributed by atoms with Crippen LogP contribution in [0.25, 0.3) is 6.08 Å². The average Bonchev–Trinajstić information content (AvgIpc) is 2.97. The highest BCUT2D eigenvalue weighted by atomic mass is 35.5. The summed E-state index contributed by atoms with van der Waals surface area (Å²) in [6, 6.07) is 9.34. The highest BCUT2D eigenvalue weighted by Gasteiger charge is 2.24. The zero-order valence-electron chi connectivity index (χ0n) is 13.3. The van der Waals surface area contributed by atoms with Gasteiger partial charge >= 0.3 is 0 Å². The van der Waals surface area contributed by atoms with Gasteiger partial charge in [-0.3, -0.25) is 4.79 Å². The van der Waals surface area contributed by atoms with Gasteiger partial charge in [0.05, 0.1) is 15.6 Å². The molecule has 0 unspecified atom stereocenters. The van der Waals surface area contributed by atoms with E-state index in [9.17, 15) is 9.18 Å². The average molecular weight is 391 g/mol. The monoisotopic (exact) mass is 390 g/mol. The van der Waals surface area contributed by atoms with E-state index >= 15 is 0 Å². The Morgan fingerprint density at radius 2 is 1.96 bits per heavy atom. The van der Waals surface area contributed by atoms with Crippen molar-refractivity contribution in [3.8, 4) is 11.5 Å². The van der Waals surface area contributed by atoms with Gasteiger partial charge in [-0.2, -0.15) is 0 Å². The molecule has 1 N–H and O–H groups in total. The molecule has 0 saturated carbocycles. The fraction of sp³-hybridized carbons (Fsp3) is 0.111. The normalized spacial score (nSPS) is 19.1. The van der Waals surface area contributed by atoms with E-state index in [0.29, 0.717) is 39.8 Å². The van der Waals surface area contributed by atoms with Crippen molar-refractivity contribution in [2.45, 2.75) is 0 Å². The predicted octanol–water partition coefficient (Wildman–Crippen LogP) is 4.14. The molecule has 26 heavy (non-hydrogen) atoms. The van der Waals surface area contributed by atoms with Crippen LogP contribution in [0.2, 0.25) is 5.02 Å². The second kappa shape index (κ2) is 7.01. The quantitative estimate of drug-likeness (QED) is 0.783. The lowest BCUT2D eigenvalue weighted by Crippen LogP contribution is -2.19. The topological polar surface area (TPSA) is 59.9 Å². The molecule has 1 fully saturated rings. The van der Waals surface area contributed by atoms with Gasteiger partial charge in [0.1, 0.15) is 19.0 Å². The molecule has 0 aliphatic carbocycles. The van der Waals surface area contributed by atoms with Crippen molar-refractivity contribution in [2.24, 2.45) is 4.99 Å². The number of rotatable bonds is 2. The summed E-state index contributed by atoms with van der Waals surface area (Å²) in [5.74, 6) is 0.602. The van der Waals surface area contributed by atoms with Gasteiger partial charge < -0.3 is 14.8 Å². The van der Waals surface area contributed by atoms with Crippen molar-refractivity contribution < 1.29 is 18.7 Å². The van der Waals surface area contributed by atoms with E-state index in [1.54, 1.807) is 12.1 Å². The molecular weight excluding hydrogens is 379 g/mol. The third-order valence-electron chi connectivity index (χ3n) is 3.65. The summed E-state index contributed by atoms with van der Waals surface area (Å²) in [7, 11) is 0. The Morgan fingerprint density at radius 1 is 1.15 bits per heavy atom. The summed E-state index contributed by atoms with van der Waals surface area (Å²) < 4.78 is 24.4. The third kappa shape index (κ3) is 3.54. The Morgan fingerprint density at radius 3 is 2.81 bits per heavy atom. The summed E-state index contributed by atoms with van der Waals surface area (Å²) in [6.45, 7) is 1.02. The van der Waals surface area contributed by atoms with E-state index in [0.717, 1.165) is 17.3 Å². The van der Waals surface area contributed by atoms with Crippen molar-refractivity contribution in [2.75, 3.05) is 13.2 Å². The Kier molecular flexibility index (Phi) is 4.57. The van der Waals surface area contributed by atoms with Crippen molar-refractivity contribution in [1.29, 1.82) is 0 Å². The van der Waals surface area contributed by atoms with Gasteiger partial charge in [-0.05, 0) is 47.7 Å². The maximum absolute atomic E-state index is 13.3. The SMILES string of the molecule is O=C1N/C(=N/c2cc(F)ccc2Cl)S/C1=C\c1ccc2c(c1)OCCO2. The molecule has 2 aliphatic heterocycles. The number of fused-ring (bicyclic) bond motifs is 1. The van der Waals surface area contributed by atoms with Crippen molar-refractivity contribution in [3.05, 3.63) is 57.7 Å². The lowest BCUT2D eigenvalue weighted by Gasteiger charge is -2.18. The zero-order valence-corrected chi connectivity index (χ0v) is 14.9. The highest BCUT2D eigenvalue weighted by Crippen LogP contribution is 2.34. The molecule has 1 amide bonds. The van der Waals surface area contributed by atoms with Gasteiger partial charge in [-0.15, -0.1) is 0 Å². The molecule has 1 saturated heterocycles. The zero-order chi connectivity index (χ0) is 18.1. The first-order chi connectivity index (χ1) is 12.6. The summed E-state index contributed by atoms with van der Waals surface area (Å²) in [4.78, 5) is 16.9. The molecule has 5 nitrogen and oxygen atoms in total. The van der Waals surface area contributed by atoms with Crippen molar-refractivity contribution in [3.63, 3.8) is 0 Å². The number of hydrogen-bond donors (Lipinski definition) is 1. The molecule has 0 radical (unpaired) electrons. The molecule has 0 atom stereocenters. The molecule has 4 rings (SSSR count). The minimum atomic E-state index is -0.449. The number of thioether (sulfide) groups is 1. The van der Waals surface area contributed by atoms with Crippen LogP contribution >= 0.6 is 23.4 Å². The number of ether oxygens (including phenoxy) is 2. The highest BCUT2D eigenvalue weighted by molar-refractivity contribution is 8.18. The molecule has 2 heterocycles. The number of amides is 1. The number of amidine groups is 1. The number of carbonyl (C=O) groups is 1. The standard InChI is InChI=1S/C18H12ClFN2O3S/c19-12-3-2-11(20)9-13(12)21-18-22-17(23)16(26-18)8-10-1-4-14-15(7-10)25-6-5-24-14/h1-4,7-9H,5-6H2,(H,21,22,23)/b16-8-. The van der Waals surface area contributed by atoms with Crippen LogP contribution in [0.1, 0.15) is 5.56 Å². The number of benzene rings is 2. The first-order valence-electron chi connectivity index (χ1n) is 7.73. The Bertz CT molecular complexity index is 961. The molecule has 132 valence electrons. The smallest absolute Gasteiger partial charge is 0.264 e. The number of nitrogens with zero attached hydrogens (tertiary/aromatic N) is 1. The summed E-state index contributed by atoms with van der Waals surface area (Å²) in [6.07, 6.45) is 1.73. The number of nitrogens with one attached hydrogen (secondary N) is 1. The lowest BCUT2D eigenvalue weighted by molar-refractivity contribution is -0.115. The fourth-order valence-electron chi connectivity index (χ4n) is 2.46. The van der Waals surface area contributed by atoms with Gasteiger partial charge in [0.15, 0.2) is 16.7 Å². The van der Waals surface area contributed by atoms with Crippen LogP contribution in [-0.2, 0) is 4.79 Å². The Hall–Kier alpha value is -2.51. The largest absolute Gasteiger partial charge is 0.486 e. The van der Waals surface area contributed by atoms with Gasteiger partial charge in [0.2, 0.25) is 0 Å². The fourth-order valence-corrected chi connectivity index (χ4v) is 3.46.